The van der Waals surface area contributed by atoms with E-state index in [1.807, 2.05) is 11.0 Å². The Morgan fingerprint density at radius 3 is 2.74 bits per heavy atom. The van der Waals surface area contributed by atoms with Gasteiger partial charge < -0.3 is 16.0 Å². The van der Waals surface area contributed by atoms with E-state index in [0.717, 1.165) is 25.8 Å². The molecule has 1 saturated heterocycles. The van der Waals surface area contributed by atoms with E-state index in [1.54, 1.807) is 6.92 Å². The molecule has 1 aliphatic rings. The van der Waals surface area contributed by atoms with E-state index < -0.39 is 12.1 Å². The summed E-state index contributed by atoms with van der Waals surface area (Å²) < 4.78 is 0. The van der Waals surface area contributed by atoms with Crippen LogP contribution < -0.4 is 11.1 Å². The number of nitrogens with one attached hydrogen (secondary N) is 1. The second-order valence-electron chi connectivity index (χ2n) is 5.89. The third-order valence-electron chi connectivity index (χ3n) is 3.90. The van der Waals surface area contributed by atoms with Crippen LogP contribution in [0.3, 0.4) is 0 Å². The molecule has 0 aromatic rings. The normalized spacial score (nSPS) is 23.5. The number of hydrogen-bond donors (Lipinski definition) is 2. The maximum absolute atomic E-state index is 12.4. The van der Waals surface area contributed by atoms with Crippen molar-refractivity contribution in [3.05, 3.63) is 12.7 Å². The lowest BCUT2D eigenvalue weighted by Crippen LogP contribution is -2.57. The minimum Gasteiger partial charge on any atom is -0.352 e. The Morgan fingerprint density at radius 2 is 2.21 bits per heavy atom. The van der Waals surface area contributed by atoms with Gasteiger partial charge in [-0.15, -0.1) is 6.58 Å². The van der Waals surface area contributed by atoms with Crippen LogP contribution in [-0.2, 0) is 4.79 Å². The summed E-state index contributed by atoms with van der Waals surface area (Å²) >= 11 is 0. The molecule has 0 radical (unpaired) electrons. The molecule has 3 amide bonds. The molecular formula is C14H25N3O2. The van der Waals surface area contributed by atoms with Gasteiger partial charge in [-0.25, -0.2) is 4.79 Å². The van der Waals surface area contributed by atoms with Gasteiger partial charge in [-0.1, -0.05) is 19.9 Å². The van der Waals surface area contributed by atoms with E-state index in [0.29, 0.717) is 0 Å². The predicted octanol–water partition coefficient (Wildman–Crippen LogP) is 1.64. The van der Waals surface area contributed by atoms with Gasteiger partial charge in [0.25, 0.3) is 0 Å². The standard InChI is InChI=1S/C14H25N3O2/c1-5-7-11-14(3,4)8-6-9-17(11)12(18)10(2)16-13(15)19/h5,10-11H,1,6-9H2,2-4H3,(H3,15,16,19)/t10-,11+/m0/s1. The zero-order chi connectivity index (χ0) is 14.6. The first-order chi connectivity index (χ1) is 8.79. The van der Waals surface area contributed by atoms with Crippen molar-refractivity contribution in [2.24, 2.45) is 11.1 Å². The van der Waals surface area contributed by atoms with Crippen LogP contribution in [0.25, 0.3) is 0 Å². The lowest BCUT2D eigenvalue weighted by Gasteiger charge is -2.47. The first-order valence-corrected chi connectivity index (χ1v) is 6.77. The Bertz CT molecular complexity index is 366. The van der Waals surface area contributed by atoms with Crippen molar-refractivity contribution in [2.45, 2.75) is 52.1 Å². The molecule has 0 aliphatic carbocycles. The summed E-state index contributed by atoms with van der Waals surface area (Å²) in [6.45, 7) is 10.5. The summed E-state index contributed by atoms with van der Waals surface area (Å²) in [5.74, 6) is -0.0709. The Kier molecular flexibility index (Phi) is 4.97. The summed E-state index contributed by atoms with van der Waals surface area (Å²) in [7, 11) is 0. The van der Waals surface area contributed by atoms with Gasteiger partial charge >= 0.3 is 6.03 Å². The Labute approximate surface area is 115 Å². The van der Waals surface area contributed by atoms with E-state index in [-0.39, 0.29) is 17.4 Å². The van der Waals surface area contributed by atoms with Crippen LogP contribution in [-0.4, -0.2) is 35.5 Å². The number of primary amides is 1. The molecule has 19 heavy (non-hydrogen) atoms. The van der Waals surface area contributed by atoms with Crippen LogP contribution in [0.5, 0.6) is 0 Å². The highest BCUT2D eigenvalue weighted by Gasteiger charge is 2.40. The van der Waals surface area contributed by atoms with Gasteiger partial charge in [0.1, 0.15) is 6.04 Å². The minimum absolute atomic E-state index is 0.0640. The average molecular weight is 267 g/mol. The van der Waals surface area contributed by atoms with E-state index in [1.165, 1.54) is 0 Å². The SMILES string of the molecule is C=CC[C@H]1N(C(=O)[C@H](C)NC(N)=O)CCCC1(C)C. The molecular weight excluding hydrogens is 242 g/mol. The number of carbonyl (C=O) groups excluding carboxylic acids is 2. The quantitative estimate of drug-likeness (QED) is 0.760. The highest BCUT2D eigenvalue weighted by molar-refractivity contribution is 5.86. The third-order valence-corrected chi connectivity index (χ3v) is 3.90. The lowest BCUT2D eigenvalue weighted by molar-refractivity contribution is -0.140. The maximum atomic E-state index is 12.4. The molecule has 3 N–H and O–H groups in total. The molecule has 0 aromatic heterocycles. The molecule has 1 fully saturated rings. The van der Waals surface area contributed by atoms with Gasteiger partial charge in [-0.2, -0.15) is 0 Å². The minimum atomic E-state index is -0.669. The Morgan fingerprint density at radius 1 is 1.58 bits per heavy atom. The molecule has 108 valence electrons. The first-order valence-electron chi connectivity index (χ1n) is 6.77. The maximum Gasteiger partial charge on any atom is 0.312 e. The predicted molar refractivity (Wildman–Crippen MR) is 75.5 cm³/mol. The molecule has 0 unspecified atom stereocenters. The smallest absolute Gasteiger partial charge is 0.312 e. The number of amides is 3. The number of rotatable bonds is 4. The summed E-state index contributed by atoms with van der Waals surface area (Å²) in [6.07, 6.45) is 4.69. The largest absolute Gasteiger partial charge is 0.352 e. The molecule has 1 aliphatic heterocycles. The molecule has 2 atom stereocenters. The summed E-state index contributed by atoms with van der Waals surface area (Å²) in [5, 5.41) is 2.45. The number of nitrogens with two attached hydrogens (primary N) is 1. The number of carbonyl (C=O) groups is 2. The van der Waals surface area contributed by atoms with Crippen molar-refractivity contribution in [3.8, 4) is 0 Å². The van der Waals surface area contributed by atoms with E-state index in [9.17, 15) is 9.59 Å². The van der Waals surface area contributed by atoms with Gasteiger partial charge in [-0.3, -0.25) is 4.79 Å². The number of piperidine rings is 1. The first kappa shape index (κ1) is 15.5. The number of nitrogens with zero attached hydrogens (tertiary/aromatic N) is 1. The van der Waals surface area contributed by atoms with Gasteiger partial charge in [0.2, 0.25) is 5.91 Å². The number of likely N-dealkylation sites (tertiary alicyclic amines) is 1. The fraction of sp³-hybridized carbons (Fsp3) is 0.714. The summed E-state index contributed by atoms with van der Waals surface area (Å²) in [4.78, 5) is 25.2. The molecule has 0 aromatic carbocycles. The van der Waals surface area contributed by atoms with Gasteiger partial charge in [0.05, 0.1) is 0 Å². The topological polar surface area (TPSA) is 75.4 Å². The summed E-state index contributed by atoms with van der Waals surface area (Å²) in [6, 6.07) is -1.13. The van der Waals surface area contributed by atoms with Gasteiger partial charge in [0, 0.05) is 12.6 Å². The Hall–Kier alpha value is -1.52. The zero-order valence-electron chi connectivity index (χ0n) is 12.1. The molecule has 5 heteroatoms. The number of urea groups is 1. The van der Waals surface area contributed by atoms with Crippen LogP contribution >= 0.6 is 0 Å². The monoisotopic (exact) mass is 267 g/mol. The number of hydrogen-bond acceptors (Lipinski definition) is 2. The average Bonchev–Trinajstić information content (AvgIpc) is 2.29. The van der Waals surface area contributed by atoms with Crippen LogP contribution in [0.4, 0.5) is 4.79 Å². The van der Waals surface area contributed by atoms with Crippen LogP contribution in [0.2, 0.25) is 0 Å². The van der Waals surface area contributed by atoms with Gasteiger partial charge in [0.15, 0.2) is 0 Å². The van der Waals surface area contributed by atoms with Crippen molar-refractivity contribution in [1.82, 2.24) is 10.2 Å². The molecule has 5 nitrogen and oxygen atoms in total. The fourth-order valence-corrected chi connectivity index (χ4v) is 2.84. The molecule has 1 heterocycles. The molecule has 1 rings (SSSR count). The van der Waals surface area contributed by atoms with Crippen molar-refractivity contribution in [3.63, 3.8) is 0 Å². The highest BCUT2D eigenvalue weighted by atomic mass is 16.2. The third kappa shape index (κ3) is 3.72. The Balaban J connectivity index is 2.85. The molecule has 0 saturated carbocycles. The molecule has 0 bridgehead atoms. The molecule has 0 spiro atoms. The lowest BCUT2D eigenvalue weighted by atomic mass is 9.75. The second kappa shape index (κ2) is 6.08. The van der Waals surface area contributed by atoms with Crippen molar-refractivity contribution >= 4 is 11.9 Å². The van der Waals surface area contributed by atoms with Gasteiger partial charge in [-0.05, 0) is 31.6 Å². The van der Waals surface area contributed by atoms with Crippen molar-refractivity contribution < 1.29 is 9.59 Å². The fourth-order valence-electron chi connectivity index (χ4n) is 2.84. The van der Waals surface area contributed by atoms with E-state index in [4.69, 9.17) is 5.73 Å². The van der Waals surface area contributed by atoms with E-state index >= 15 is 0 Å². The van der Waals surface area contributed by atoms with Crippen molar-refractivity contribution in [2.75, 3.05) is 6.54 Å². The van der Waals surface area contributed by atoms with E-state index in [2.05, 4.69) is 25.7 Å². The zero-order valence-corrected chi connectivity index (χ0v) is 12.1. The van der Waals surface area contributed by atoms with Crippen LogP contribution in [0, 0.1) is 5.41 Å². The van der Waals surface area contributed by atoms with Crippen LogP contribution in [0.1, 0.15) is 40.0 Å². The highest BCUT2D eigenvalue weighted by Crippen LogP contribution is 2.37. The van der Waals surface area contributed by atoms with Crippen LogP contribution in [0.15, 0.2) is 12.7 Å². The summed E-state index contributed by atoms with van der Waals surface area (Å²) in [5.41, 5.74) is 5.13. The second-order valence-corrected chi connectivity index (χ2v) is 5.89. The van der Waals surface area contributed by atoms with Crippen molar-refractivity contribution in [1.29, 1.82) is 0 Å².